The Bertz CT molecular complexity index is 1060. The molecule has 1 atom stereocenters. The molecule has 4 N–H and O–H groups in total. The molecule has 9 heteroatoms. The lowest BCUT2D eigenvalue weighted by Crippen LogP contribution is -2.60. The van der Waals surface area contributed by atoms with Crippen LogP contribution >= 0.6 is 11.6 Å². The number of amides is 1. The molecule has 0 bridgehead atoms. The van der Waals surface area contributed by atoms with Crippen molar-refractivity contribution < 1.29 is 4.79 Å². The molecular weight excluding hydrogens is 426 g/mol. The molecule has 3 aromatic rings. The Labute approximate surface area is 193 Å². The second-order valence-corrected chi connectivity index (χ2v) is 9.19. The Balaban J connectivity index is 1.44. The molecule has 4 rings (SSSR count). The van der Waals surface area contributed by atoms with E-state index in [4.69, 9.17) is 17.3 Å². The van der Waals surface area contributed by atoms with E-state index in [0.29, 0.717) is 31.0 Å². The van der Waals surface area contributed by atoms with Gasteiger partial charge in [-0.2, -0.15) is 0 Å². The highest BCUT2D eigenvalue weighted by Crippen LogP contribution is 2.29. The van der Waals surface area contributed by atoms with Crippen molar-refractivity contribution >= 4 is 34.4 Å². The summed E-state index contributed by atoms with van der Waals surface area (Å²) < 4.78 is 0. The molecule has 8 nitrogen and oxygen atoms in total. The van der Waals surface area contributed by atoms with Gasteiger partial charge >= 0.3 is 0 Å². The highest BCUT2D eigenvalue weighted by molar-refractivity contribution is 6.30. The molecule has 0 saturated carbocycles. The predicted octanol–water partition coefficient (Wildman–Crippen LogP) is 2.72. The zero-order valence-electron chi connectivity index (χ0n) is 18.5. The van der Waals surface area contributed by atoms with Gasteiger partial charge in [-0.25, -0.2) is 9.97 Å². The Morgan fingerprint density at radius 2 is 1.97 bits per heavy atom. The molecule has 2 aromatic heterocycles. The van der Waals surface area contributed by atoms with E-state index < -0.39 is 5.54 Å². The van der Waals surface area contributed by atoms with Gasteiger partial charge in [0.25, 0.3) is 0 Å². The summed E-state index contributed by atoms with van der Waals surface area (Å²) in [6.07, 6.45) is 5.31. The lowest BCUT2D eigenvalue weighted by atomic mass is 9.87. The lowest BCUT2D eigenvalue weighted by molar-refractivity contribution is -0.128. The zero-order chi connectivity index (χ0) is 22.7. The third-order valence-electron chi connectivity index (χ3n) is 6.18. The molecule has 0 unspecified atom stereocenters. The summed E-state index contributed by atoms with van der Waals surface area (Å²) in [7, 11) is 4.05. The first-order chi connectivity index (χ1) is 15.4. The molecule has 1 amide bonds. The molecule has 1 aliphatic rings. The predicted molar refractivity (Wildman–Crippen MR) is 128 cm³/mol. The molecule has 1 aromatic carbocycles. The summed E-state index contributed by atoms with van der Waals surface area (Å²) in [5.74, 6) is 0.772. The maximum Gasteiger partial charge on any atom is 0.240 e. The van der Waals surface area contributed by atoms with Crippen LogP contribution in [0, 0.1) is 0 Å². The number of H-pyrrole nitrogens is 1. The minimum atomic E-state index is -0.913. The zero-order valence-corrected chi connectivity index (χ0v) is 19.3. The van der Waals surface area contributed by atoms with Gasteiger partial charge in [-0.3, -0.25) is 4.79 Å². The summed E-state index contributed by atoms with van der Waals surface area (Å²) in [5.41, 5.74) is 7.56. The second kappa shape index (κ2) is 9.44. The highest BCUT2D eigenvalue weighted by Gasteiger charge is 2.39. The maximum absolute atomic E-state index is 13.3. The Morgan fingerprint density at radius 3 is 2.66 bits per heavy atom. The van der Waals surface area contributed by atoms with Crippen LogP contribution in [-0.2, 0) is 4.79 Å². The number of nitrogens with two attached hydrogens (primary N) is 1. The van der Waals surface area contributed by atoms with Crippen LogP contribution in [0.25, 0.3) is 11.0 Å². The number of aromatic amines is 1. The number of piperidine rings is 1. The van der Waals surface area contributed by atoms with Gasteiger partial charge < -0.3 is 25.8 Å². The molecular formula is C23H30ClN7O. The molecule has 1 saturated heterocycles. The second-order valence-electron chi connectivity index (χ2n) is 8.75. The van der Waals surface area contributed by atoms with E-state index in [1.54, 1.807) is 6.33 Å². The molecule has 0 radical (unpaired) electrons. The average Bonchev–Trinajstić information content (AvgIpc) is 3.27. The first-order valence-corrected chi connectivity index (χ1v) is 11.3. The van der Waals surface area contributed by atoms with Crippen LogP contribution in [0.4, 0.5) is 5.82 Å². The van der Waals surface area contributed by atoms with E-state index >= 15 is 0 Å². The van der Waals surface area contributed by atoms with Gasteiger partial charge in [-0.05, 0) is 63.7 Å². The summed E-state index contributed by atoms with van der Waals surface area (Å²) in [5, 5.41) is 4.87. The number of halogens is 1. The van der Waals surface area contributed by atoms with Crippen LogP contribution < -0.4 is 16.0 Å². The first kappa shape index (κ1) is 22.5. The molecule has 0 aliphatic carbocycles. The fraction of sp³-hybridized carbons (Fsp3) is 0.435. The Kier molecular flexibility index (Phi) is 6.64. The van der Waals surface area contributed by atoms with Crippen molar-refractivity contribution in [2.45, 2.75) is 30.8 Å². The standard InChI is InChI=1S/C23H30ClN7O/c1-30(2)12-8-19(16-3-5-17(24)6-4-16)29-22(32)23(25)9-13-31(14-10-23)21-18-7-11-26-20(18)27-15-28-21/h3-7,11,15,19H,8-10,12-14,25H2,1-2H3,(H,29,32)(H,26,27,28)/t19-/m1/s1. The number of carbonyl (C=O) groups is 1. The van der Waals surface area contributed by atoms with Crippen LogP contribution in [0.15, 0.2) is 42.9 Å². The third-order valence-corrected chi connectivity index (χ3v) is 6.44. The topological polar surface area (TPSA) is 103 Å². The number of nitrogens with zero attached hydrogens (tertiary/aromatic N) is 4. The van der Waals surface area contributed by atoms with Crippen molar-refractivity contribution in [2.24, 2.45) is 5.73 Å². The van der Waals surface area contributed by atoms with E-state index in [1.165, 1.54) is 0 Å². The van der Waals surface area contributed by atoms with E-state index in [1.807, 2.05) is 50.6 Å². The van der Waals surface area contributed by atoms with E-state index in [-0.39, 0.29) is 11.9 Å². The number of aromatic nitrogens is 3. The van der Waals surface area contributed by atoms with Crippen molar-refractivity contribution in [3.63, 3.8) is 0 Å². The smallest absolute Gasteiger partial charge is 0.240 e. The van der Waals surface area contributed by atoms with Crippen LogP contribution in [0.1, 0.15) is 30.9 Å². The van der Waals surface area contributed by atoms with Gasteiger partial charge in [-0.15, -0.1) is 0 Å². The van der Waals surface area contributed by atoms with Gasteiger partial charge in [-0.1, -0.05) is 23.7 Å². The van der Waals surface area contributed by atoms with Crippen LogP contribution in [0.2, 0.25) is 5.02 Å². The number of benzene rings is 1. The third kappa shape index (κ3) is 4.87. The van der Waals surface area contributed by atoms with Gasteiger partial charge in [0, 0.05) is 24.3 Å². The first-order valence-electron chi connectivity index (χ1n) is 10.9. The fourth-order valence-electron chi connectivity index (χ4n) is 4.16. The summed E-state index contributed by atoms with van der Waals surface area (Å²) in [6, 6.07) is 9.49. The SMILES string of the molecule is CN(C)CC[C@@H](NC(=O)C1(N)CCN(c2ncnc3[nH]ccc23)CC1)c1ccc(Cl)cc1. The molecule has 1 fully saturated rings. The molecule has 170 valence electrons. The normalized spacial score (nSPS) is 17.0. The molecule has 3 heterocycles. The Morgan fingerprint density at radius 1 is 1.25 bits per heavy atom. The number of fused-ring (bicyclic) bond motifs is 1. The molecule has 32 heavy (non-hydrogen) atoms. The van der Waals surface area contributed by atoms with Crippen molar-refractivity contribution in [2.75, 3.05) is 38.6 Å². The average molecular weight is 456 g/mol. The lowest BCUT2D eigenvalue weighted by Gasteiger charge is -2.39. The minimum Gasteiger partial charge on any atom is -0.356 e. The summed E-state index contributed by atoms with van der Waals surface area (Å²) in [6.45, 7) is 2.16. The van der Waals surface area contributed by atoms with E-state index in [9.17, 15) is 4.79 Å². The Hall–Kier alpha value is -2.68. The van der Waals surface area contributed by atoms with E-state index in [2.05, 4.69) is 30.1 Å². The minimum absolute atomic E-state index is 0.106. The van der Waals surface area contributed by atoms with Gasteiger partial charge in [0.15, 0.2) is 0 Å². The van der Waals surface area contributed by atoms with E-state index in [0.717, 1.165) is 35.4 Å². The number of hydrogen-bond donors (Lipinski definition) is 3. The number of rotatable bonds is 7. The molecule has 0 spiro atoms. The maximum atomic E-state index is 13.3. The molecule has 1 aliphatic heterocycles. The van der Waals surface area contributed by atoms with Crippen molar-refractivity contribution in [3.05, 3.63) is 53.4 Å². The quantitative estimate of drug-likeness (QED) is 0.506. The largest absolute Gasteiger partial charge is 0.356 e. The number of hydrogen-bond acceptors (Lipinski definition) is 6. The van der Waals surface area contributed by atoms with Crippen LogP contribution in [-0.4, -0.2) is 65.0 Å². The van der Waals surface area contributed by atoms with Gasteiger partial charge in [0.05, 0.1) is 17.0 Å². The van der Waals surface area contributed by atoms with Crippen molar-refractivity contribution in [1.82, 2.24) is 25.2 Å². The summed E-state index contributed by atoms with van der Waals surface area (Å²) >= 11 is 6.06. The monoisotopic (exact) mass is 455 g/mol. The fourth-order valence-corrected chi connectivity index (χ4v) is 4.29. The van der Waals surface area contributed by atoms with Gasteiger partial charge in [0.2, 0.25) is 5.91 Å². The highest BCUT2D eigenvalue weighted by atomic mass is 35.5. The summed E-state index contributed by atoms with van der Waals surface area (Å²) in [4.78, 5) is 29.4. The number of anilines is 1. The van der Waals surface area contributed by atoms with Crippen molar-refractivity contribution in [3.8, 4) is 0 Å². The van der Waals surface area contributed by atoms with Crippen LogP contribution in [0.3, 0.4) is 0 Å². The van der Waals surface area contributed by atoms with Crippen molar-refractivity contribution in [1.29, 1.82) is 0 Å². The van der Waals surface area contributed by atoms with Crippen LogP contribution in [0.5, 0.6) is 0 Å². The number of carbonyl (C=O) groups excluding carboxylic acids is 1. The van der Waals surface area contributed by atoms with Gasteiger partial charge in [0.1, 0.15) is 17.8 Å². The number of nitrogens with one attached hydrogen (secondary N) is 2.